The average molecular weight is 282 g/mol. The van der Waals surface area contributed by atoms with Gasteiger partial charge in [0.2, 0.25) is 0 Å². The first-order valence-electron chi connectivity index (χ1n) is 5.47. The fourth-order valence-corrected chi connectivity index (χ4v) is 3.40. The molecule has 0 N–H and O–H groups in total. The van der Waals surface area contributed by atoms with Crippen molar-refractivity contribution in [3.63, 3.8) is 0 Å². The van der Waals surface area contributed by atoms with Crippen LogP contribution in [0.5, 0.6) is 0 Å². The van der Waals surface area contributed by atoms with Gasteiger partial charge in [0.1, 0.15) is 0 Å². The predicted molar refractivity (Wildman–Crippen MR) is 75.8 cm³/mol. The third-order valence-corrected chi connectivity index (χ3v) is 4.69. The summed E-state index contributed by atoms with van der Waals surface area (Å²) in [6.07, 6.45) is 0. The highest BCUT2D eigenvalue weighted by Crippen LogP contribution is 2.47. The first-order chi connectivity index (χ1) is 8.77. The van der Waals surface area contributed by atoms with Crippen molar-refractivity contribution >= 4 is 21.6 Å². The average Bonchev–Trinajstić information content (AvgIpc) is 2.46. The Balaban J connectivity index is 1.89. The summed E-state index contributed by atoms with van der Waals surface area (Å²) in [7, 11) is 1.81. The maximum absolute atomic E-state index is 13.8. The fraction of sp³-hybridized carbons (Fsp3) is 0.143. The summed E-state index contributed by atoms with van der Waals surface area (Å²) in [5.41, 5.74) is -1.29. The SMILES string of the molecule is FC(SSC(F)c1ccccc1)c1ccccc1. The van der Waals surface area contributed by atoms with Crippen LogP contribution in [0.3, 0.4) is 0 Å². The Morgan fingerprint density at radius 3 is 1.28 bits per heavy atom. The summed E-state index contributed by atoms with van der Waals surface area (Å²) in [4.78, 5) is 0. The molecule has 2 aromatic rings. The monoisotopic (exact) mass is 282 g/mol. The van der Waals surface area contributed by atoms with Gasteiger partial charge >= 0.3 is 0 Å². The minimum atomic E-state index is -1.21. The van der Waals surface area contributed by atoms with Gasteiger partial charge in [0, 0.05) is 0 Å². The van der Waals surface area contributed by atoms with E-state index in [-0.39, 0.29) is 0 Å². The molecule has 2 aromatic carbocycles. The molecule has 0 amide bonds. The number of hydrogen-bond acceptors (Lipinski definition) is 2. The Morgan fingerprint density at radius 2 is 0.944 bits per heavy atom. The Kier molecular flexibility index (Phi) is 5.08. The molecule has 94 valence electrons. The van der Waals surface area contributed by atoms with Gasteiger partial charge in [-0.3, -0.25) is 0 Å². The van der Waals surface area contributed by atoms with E-state index in [1.807, 2.05) is 12.1 Å². The minimum absolute atomic E-state index is 0.565. The molecule has 0 fully saturated rings. The zero-order valence-corrected chi connectivity index (χ0v) is 11.1. The third-order valence-electron chi connectivity index (χ3n) is 2.35. The largest absolute Gasteiger partial charge is 0.229 e. The van der Waals surface area contributed by atoms with Gasteiger partial charge in [-0.1, -0.05) is 60.7 Å². The molecule has 0 spiro atoms. The highest BCUT2D eigenvalue weighted by atomic mass is 33.1. The smallest absolute Gasteiger partial charge is 0.180 e. The van der Waals surface area contributed by atoms with Crippen molar-refractivity contribution in [2.45, 2.75) is 11.0 Å². The van der Waals surface area contributed by atoms with E-state index < -0.39 is 11.0 Å². The van der Waals surface area contributed by atoms with E-state index >= 15 is 0 Å². The molecule has 0 aliphatic rings. The molecular weight excluding hydrogens is 270 g/mol. The third kappa shape index (κ3) is 3.75. The molecule has 4 heteroatoms. The van der Waals surface area contributed by atoms with Crippen molar-refractivity contribution < 1.29 is 8.78 Å². The maximum Gasteiger partial charge on any atom is 0.180 e. The van der Waals surface area contributed by atoms with Crippen LogP contribution in [-0.4, -0.2) is 0 Å². The molecular formula is C14H12F2S2. The molecule has 2 unspecified atom stereocenters. The zero-order valence-electron chi connectivity index (χ0n) is 9.50. The molecule has 0 saturated carbocycles. The Bertz CT molecular complexity index is 416. The van der Waals surface area contributed by atoms with Crippen LogP contribution in [0.4, 0.5) is 8.78 Å². The lowest BCUT2D eigenvalue weighted by molar-refractivity contribution is 0.466. The maximum atomic E-state index is 13.8. The van der Waals surface area contributed by atoms with Crippen LogP contribution in [0.2, 0.25) is 0 Å². The highest BCUT2D eigenvalue weighted by Gasteiger charge is 2.16. The Morgan fingerprint density at radius 1 is 0.611 bits per heavy atom. The summed E-state index contributed by atoms with van der Waals surface area (Å²) in [6, 6.07) is 17.6. The van der Waals surface area contributed by atoms with Crippen LogP contribution in [0.1, 0.15) is 22.1 Å². The van der Waals surface area contributed by atoms with Crippen LogP contribution < -0.4 is 0 Å². The molecule has 0 radical (unpaired) electrons. The summed E-state index contributed by atoms with van der Waals surface area (Å²) in [6.45, 7) is 0. The lowest BCUT2D eigenvalue weighted by Crippen LogP contribution is -1.86. The number of benzene rings is 2. The first kappa shape index (κ1) is 13.4. The van der Waals surface area contributed by atoms with E-state index in [2.05, 4.69) is 0 Å². The molecule has 2 rings (SSSR count). The van der Waals surface area contributed by atoms with Crippen LogP contribution in [0.15, 0.2) is 60.7 Å². The molecule has 0 aromatic heterocycles. The van der Waals surface area contributed by atoms with Crippen LogP contribution >= 0.6 is 21.6 Å². The molecule has 0 aliphatic carbocycles. The Hall–Kier alpha value is -1.00. The van der Waals surface area contributed by atoms with E-state index in [9.17, 15) is 8.78 Å². The summed E-state index contributed by atoms with van der Waals surface area (Å²) >= 11 is 0. The quantitative estimate of drug-likeness (QED) is 0.645. The highest BCUT2D eigenvalue weighted by molar-refractivity contribution is 8.76. The standard InChI is InChI=1S/C14H12F2S2/c15-13(11-7-3-1-4-8-11)17-18-14(16)12-9-5-2-6-10-12/h1-10,13-14H. The molecule has 0 nitrogen and oxygen atoms in total. The number of halogens is 2. The second-order valence-electron chi connectivity index (χ2n) is 3.65. The van der Waals surface area contributed by atoms with Gasteiger partial charge in [0.25, 0.3) is 0 Å². The zero-order chi connectivity index (χ0) is 12.8. The van der Waals surface area contributed by atoms with Crippen LogP contribution in [0, 0.1) is 0 Å². The van der Waals surface area contributed by atoms with Crippen LogP contribution in [-0.2, 0) is 0 Å². The van der Waals surface area contributed by atoms with Gasteiger partial charge in [-0.2, -0.15) is 0 Å². The molecule has 18 heavy (non-hydrogen) atoms. The number of hydrogen-bond donors (Lipinski definition) is 0. The van der Waals surface area contributed by atoms with E-state index in [0.717, 1.165) is 21.6 Å². The van der Waals surface area contributed by atoms with Gasteiger partial charge in [-0.25, -0.2) is 8.78 Å². The van der Waals surface area contributed by atoms with E-state index in [0.29, 0.717) is 11.1 Å². The van der Waals surface area contributed by atoms with Crippen molar-refractivity contribution in [1.82, 2.24) is 0 Å². The van der Waals surface area contributed by atoms with Gasteiger partial charge in [0.05, 0.1) is 0 Å². The molecule has 2 atom stereocenters. The Labute approximate surface area is 113 Å². The van der Waals surface area contributed by atoms with Gasteiger partial charge in [0.15, 0.2) is 11.0 Å². The van der Waals surface area contributed by atoms with E-state index in [1.54, 1.807) is 48.5 Å². The summed E-state index contributed by atoms with van der Waals surface area (Å²) < 4.78 is 27.6. The lowest BCUT2D eigenvalue weighted by Gasteiger charge is -2.10. The second-order valence-corrected chi connectivity index (χ2v) is 6.01. The molecule has 0 saturated heterocycles. The fourth-order valence-electron chi connectivity index (χ4n) is 1.42. The second kappa shape index (κ2) is 6.81. The summed E-state index contributed by atoms with van der Waals surface area (Å²) in [5, 5.41) is 0. The number of rotatable bonds is 5. The van der Waals surface area contributed by atoms with Crippen molar-refractivity contribution in [2.24, 2.45) is 0 Å². The predicted octanol–water partition coefficient (Wildman–Crippen LogP) is 5.70. The van der Waals surface area contributed by atoms with Gasteiger partial charge in [-0.15, -0.1) is 0 Å². The lowest BCUT2D eigenvalue weighted by atomic mass is 10.2. The van der Waals surface area contributed by atoms with Crippen molar-refractivity contribution in [3.05, 3.63) is 71.8 Å². The van der Waals surface area contributed by atoms with Crippen molar-refractivity contribution in [2.75, 3.05) is 0 Å². The van der Waals surface area contributed by atoms with Crippen molar-refractivity contribution in [3.8, 4) is 0 Å². The number of alkyl halides is 2. The molecule has 0 heterocycles. The normalized spacial score (nSPS) is 14.1. The van der Waals surface area contributed by atoms with E-state index in [4.69, 9.17) is 0 Å². The van der Waals surface area contributed by atoms with Gasteiger partial charge in [-0.05, 0) is 32.7 Å². The molecule has 0 aliphatic heterocycles. The molecule has 0 bridgehead atoms. The summed E-state index contributed by atoms with van der Waals surface area (Å²) in [5.74, 6) is 0. The topological polar surface area (TPSA) is 0 Å². The minimum Gasteiger partial charge on any atom is -0.229 e. The van der Waals surface area contributed by atoms with E-state index in [1.165, 1.54) is 0 Å². The first-order valence-corrected chi connectivity index (χ1v) is 7.75. The van der Waals surface area contributed by atoms with Crippen LogP contribution in [0.25, 0.3) is 0 Å². The van der Waals surface area contributed by atoms with Gasteiger partial charge < -0.3 is 0 Å². The van der Waals surface area contributed by atoms with Crippen molar-refractivity contribution in [1.29, 1.82) is 0 Å².